The van der Waals surface area contributed by atoms with Crippen LogP contribution in [0.1, 0.15) is 40.5 Å². The molecule has 4 rings (SSSR count). The highest BCUT2D eigenvalue weighted by atomic mass is 32.2. The van der Waals surface area contributed by atoms with Crippen LogP contribution in [0.4, 0.5) is 0 Å². The monoisotopic (exact) mass is 457 g/mol. The van der Waals surface area contributed by atoms with E-state index in [1.165, 1.54) is 0 Å². The van der Waals surface area contributed by atoms with Crippen molar-refractivity contribution in [1.82, 2.24) is 14.5 Å². The van der Waals surface area contributed by atoms with Gasteiger partial charge in [0.1, 0.15) is 10.8 Å². The molecule has 0 radical (unpaired) electrons. The smallest absolute Gasteiger partial charge is 0.243 e. The molecule has 0 atom stereocenters. The van der Waals surface area contributed by atoms with Gasteiger partial charge in [0.2, 0.25) is 10.0 Å². The zero-order chi connectivity index (χ0) is 22.2. The molecule has 0 N–H and O–H groups in total. The van der Waals surface area contributed by atoms with E-state index >= 15 is 0 Å². The topological polar surface area (TPSA) is 72.4 Å². The summed E-state index contributed by atoms with van der Waals surface area (Å²) in [6.45, 7) is 6.72. The molecule has 6 nitrogen and oxygen atoms in total. The van der Waals surface area contributed by atoms with E-state index in [2.05, 4.69) is 10.2 Å². The van der Waals surface area contributed by atoms with Crippen molar-refractivity contribution in [3.8, 4) is 16.3 Å². The first-order valence-electron chi connectivity index (χ1n) is 10.4. The SMILES string of the molecule is COc1ccccc1-c1nnc(C2CCN(S(=O)(=O)c3c(C)cc(C)cc3C)CC2)s1. The van der Waals surface area contributed by atoms with E-state index in [-0.39, 0.29) is 5.92 Å². The van der Waals surface area contributed by atoms with E-state index < -0.39 is 10.0 Å². The fourth-order valence-corrected chi connectivity index (χ4v) is 7.30. The van der Waals surface area contributed by atoms with Gasteiger partial charge in [-0.15, -0.1) is 10.2 Å². The Morgan fingerprint density at radius 3 is 2.32 bits per heavy atom. The van der Waals surface area contributed by atoms with Crippen molar-refractivity contribution in [1.29, 1.82) is 0 Å². The number of benzene rings is 2. The Labute approximate surface area is 188 Å². The number of nitrogens with zero attached hydrogens (tertiary/aromatic N) is 3. The summed E-state index contributed by atoms with van der Waals surface area (Å²) in [5, 5.41) is 10.6. The molecule has 0 aliphatic carbocycles. The summed E-state index contributed by atoms with van der Waals surface area (Å²) in [5.41, 5.74) is 3.63. The molecule has 2 aromatic carbocycles. The standard InChI is InChI=1S/C23H27N3O3S2/c1-15-13-16(2)21(17(3)14-15)31(27,28)26-11-9-18(10-12-26)22-24-25-23(30-22)19-7-5-6-8-20(19)29-4/h5-8,13-14,18H,9-12H2,1-4H3. The number of para-hydroxylation sites is 1. The molecule has 1 aliphatic heterocycles. The number of aromatic nitrogens is 2. The molecule has 8 heteroatoms. The average molecular weight is 458 g/mol. The molecular weight excluding hydrogens is 430 g/mol. The third-order valence-corrected chi connectivity index (χ3v) is 9.11. The molecule has 0 amide bonds. The lowest BCUT2D eigenvalue weighted by molar-refractivity contribution is 0.318. The normalized spacial score (nSPS) is 15.9. The van der Waals surface area contributed by atoms with E-state index in [0.29, 0.717) is 18.0 Å². The lowest BCUT2D eigenvalue weighted by atomic mass is 9.99. The fraction of sp³-hybridized carbons (Fsp3) is 0.391. The summed E-state index contributed by atoms with van der Waals surface area (Å²) in [7, 11) is -1.86. The maximum Gasteiger partial charge on any atom is 0.243 e. The van der Waals surface area contributed by atoms with Crippen LogP contribution in [-0.4, -0.2) is 43.1 Å². The number of methoxy groups -OCH3 is 1. The number of ether oxygens (including phenoxy) is 1. The van der Waals surface area contributed by atoms with Crippen LogP contribution >= 0.6 is 11.3 Å². The Hall–Kier alpha value is -2.29. The number of piperidine rings is 1. The molecule has 3 aromatic rings. The zero-order valence-corrected chi connectivity index (χ0v) is 19.9. The van der Waals surface area contributed by atoms with Crippen LogP contribution in [0.2, 0.25) is 0 Å². The summed E-state index contributed by atoms with van der Waals surface area (Å²) in [6, 6.07) is 11.6. The Bertz CT molecular complexity index is 1170. The van der Waals surface area contributed by atoms with E-state index in [9.17, 15) is 8.42 Å². The van der Waals surface area contributed by atoms with Crippen molar-refractivity contribution < 1.29 is 13.2 Å². The predicted molar refractivity (Wildman–Crippen MR) is 123 cm³/mol. The molecule has 1 fully saturated rings. The fourth-order valence-electron chi connectivity index (χ4n) is 4.38. The van der Waals surface area contributed by atoms with Crippen LogP contribution in [0.3, 0.4) is 0 Å². The van der Waals surface area contributed by atoms with Gasteiger partial charge in [-0.05, 0) is 56.9 Å². The van der Waals surface area contributed by atoms with Gasteiger partial charge in [0.25, 0.3) is 0 Å². The van der Waals surface area contributed by atoms with Gasteiger partial charge < -0.3 is 4.74 Å². The van der Waals surface area contributed by atoms with Gasteiger partial charge in [0.05, 0.1) is 17.6 Å². The van der Waals surface area contributed by atoms with Crippen LogP contribution in [0.5, 0.6) is 5.75 Å². The first-order valence-corrected chi connectivity index (χ1v) is 12.6. The van der Waals surface area contributed by atoms with E-state index in [1.807, 2.05) is 57.2 Å². The molecule has 31 heavy (non-hydrogen) atoms. The largest absolute Gasteiger partial charge is 0.496 e. The van der Waals surface area contributed by atoms with Crippen molar-refractivity contribution in [3.63, 3.8) is 0 Å². The molecule has 0 spiro atoms. The highest BCUT2D eigenvalue weighted by Gasteiger charge is 2.33. The molecular formula is C23H27N3O3S2. The van der Waals surface area contributed by atoms with Gasteiger partial charge in [0, 0.05) is 19.0 Å². The van der Waals surface area contributed by atoms with Gasteiger partial charge in [-0.1, -0.05) is 41.2 Å². The second-order valence-electron chi connectivity index (χ2n) is 8.05. The molecule has 1 aromatic heterocycles. The molecule has 1 saturated heterocycles. The minimum absolute atomic E-state index is 0.215. The zero-order valence-electron chi connectivity index (χ0n) is 18.3. The summed E-state index contributed by atoms with van der Waals surface area (Å²) in [4.78, 5) is 0.450. The number of aryl methyl sites for hydroxylation is 3. The Kier molecular flexibility index (Phi) is 6.14. The Morgan fingerprint density at radius 1 is 1.03 bits per heavy atom. The summed E-state index contributed by atoms with van der Waals surface area (Å²) < 4.78 is 33.7. The number of rotatable bonds is 5. The van der Waals surface area contributed by atoms with Crippen molar-refractivity contribution in [2.75, 3.05) is 20.2 Å². The maximum atomic E-state index is 13.3. The van der Waals surface area contributed by atoms with Crippen molar-refractivity contribution in [3.05, 3.63) is 58.1 Å². The van der Waals surface area contributed by atoms with E-state index in [4.69, 9.17) is 4.74 Å². The van der Waals surface area contributed by atoms with Crippen LogP contribution in [0.25, 0.3) is 10.6 Å². The van der Waals surface area contributed by atoms with Gasteiger partial charge in [-0.3, -0.25) is 0 Å². The predicted octanol–water partition coefficient (Wildman–Crippen LogP) is 4.71. The lowest BCUT2D eigenvalue weighted by Gasteiger charge is -2.31. The Morgan fingerprint density at radius 2 is 1.68 bits per heavy atom. The quantitative estimate of drug-likeness (QED) is 0.555. The Balaban J connectivity index is 1.50. The second kappa shape index (κ2) is 8.68. The van der Waals surface area contributed by atoms with Crippen molar-refractivity contribution in [2.45, 2.75) is 44.4 Å². The average Bonchev–Trinajstić information content (AvgIpc) is 3.23. The second-order valence-corrected chi connectivity index (χ2v) is 10.9. The molecule has 1 aliphatic rings. The summed E-state index contributed by atoms with van der Waals surface area (Å²) in [5.74, 6) is 0.988. The summed E-state index contributed by atoms with van der Waals surface area (Å²) >= 11 is 1.56. The lowest BCUT2D eigenvalue weighted by Crippen LogP contribution is -2.38. The molecule has 2 heterocycles. The number of hydrogen-bond donors (Lipinski definition) is 0. The van der Waals surface area contributed by atoms with Crippen LogP contribution in [0.15, 0.2) is 41.3 Å². The number of sulfonamides is 1. The van der Waals surface area contributed by atoms with E-state index in [1.54, 1.807) is 22.8 Å². The number of hydrogen-bond acceptors (Lipinski definition) is 6. The molecule has 0 saturated carbocycles. The first kappa shape index (κ1) is 21.9. The van der Waals surface area contributed by atoms with E-state index in [0.717, 1.165) is 50.9 Å². The van der Waals surface area contributed by atoms with Crippen LogP contribution in [-0.2, 0) is 10.0 Å². The van der Waals surface area contributed by atoms with Crippen LogP contribution < -0.4 is 4.74 Å². The third kappa shape index (κ3) is 4.24. The van der Waals surface area contributed by atoms with Gasteiger partial charge in [-0.2, -0.15) is 4.31 Å². The van der Waals surface area contributed by atoms with Gasteiger partial charge in [-0.25, -0.2) is 8.42 Å². The highest BCUT2D eigenvalue weighted by molar-refractivity contribution is 7.89. The first-order chi connectivity index (χ1) is 14.8. The molecule has 0 unspecified atom stereocenters. The third-order valence-electron chi connectivity index (χ3n) is 5.78. The summed E-state index contributed by atoms with van der Waals surface area (Å²) in [6.07, 6.45) is 1.48. The minimum Gasteiger partial charge on any atom is -0.496 e. The maximum absolute atomic E-state index is 13.3. The molecule has 164 valence electrons. The van der Waals surface area contributed by atoms with Crippen LogP contribution in [0, 0.1) is 20.8 Å². The minimum atomic E-state index is -3.51. The highest BCUT2D eigenvalue weighted by Crippen LogP contribution is 2.38. The van der Waals surface area contributed by atoms with Gasteiger partial charge >= 0.3 is 0 Å². The van der Waals surface area contributed by atoms with Crippen molar-refractivity contribution >= 4 is 21.4 Å². The molecule has 0 bridgehead atoms. The van der Waals surface area contributed by atoms with Gasteiger partial charge in [0.15, 0.2) is 5.01 Å². The van der Waals surface area contributed by atoms with Crippen molar-refractivity contribution in [2.24, 2.45) is 0 Å².